The minimum atomic E-state index is -4.65. The first-order valence-corrected chi connectivity index (χ1v) is 5.43. The van der Waals surface area contributed by atoms with E-state index in [0.717, 1.165) is 0 Å². The Bertz CT molecular complexity index is 440. The first-order chi connectivity index (χ1) is 7.82. The van der Waals surface area contributed by atoms with Gasteiger partial charge in [0.05, 0.1) is 16.7 Å². The molecule has 1 aromatic rings. The van der Waals surface area contributed by atoms with Crippen LogP contribution in [0, 0.1) is 11.7 Å². The van der Waals surface area contributed by atoms with Crippen molar-refractivity contribution in [3.63, 3.8) is 0 Å². The number of aliphatic hydroxyl groups excluding tert-OH is 1. The van der Waals surface area contributed by atoms with Gasteiger partial charge >= 0.3 is 6.18 Å². The maximum atomic E-state index is 13.4. The van der Waals surface area contributed by atoms with Gasteiger partial charge in [0.25, 0.3) is 0 Å². The largest absolute Gasteiger partial charge is 0.417 e. The van der Waals surface area contributed by atoms with Crippen molar-refractivity contribution in [1.29, 1.82) is 0 Å². The monoisotopic (exact) mass is 268 g/mol. The van der Waals surface area contributed by atoms with Gasteiger partial charge in [0, 0.05) is 5.56 Å². The SMILES string of the molecule is OC(c1c(F)ccc(C(F)(F)F)c1Cl)C1CC1. The van der Waals surface area contributed by atoms with E-state index in [1.54, 1.807) is 0 Å². The van der Waals surface area contributed by atoms with Gasteiger partial charge in [0.15, 0.2) is 0 Å². The molecule has 17 heavy (non-hydrogen) atoms. The number of halogens is 5. The molecular weight excluding hydrogens is 260 g/mol. The fraction of sp³-hybridized carbons (Fsp3) is 0.455. The Balaban J connectivity index is 2.50. The standard InChI is InChI=1S/C11H9ClF4O/c12-9-6(11(14,15)16)3-4-7(13)8(9)10(17)5-1-2-5/h3-5,10,17H,1-2H2. The van der Waals surface area contributed by atoms with Gasteiger partial charge in [-0.15, -0.1) is 0 Å². The van der Waals surface area contributed by atoms with Crippen LogP contribution in [-0.2, 0) is 6.18 Å². The van der Waals surface area contributed by atoms with E-state index in [9.17, 15) is 22.7 Å². The molecule has 1 aliphatic rings. The Labute approximate surface area is 100 Å². The van der Waals surface area contributed by atoms with E-state index in [1.807, 2.05) is 0 Å². The van der Waals surface area contributed by atoms with E-state index in [4.69, 9.17) is 11.6 Å². The van der Waals surface area contributed by atoms with E-state index < -0.39 is 34.2 Å². The second-order valence-corrected chi connectivity index (χ2v) is 4.48. The Morgan fingerprint density at radius 1 is 1.29 bits per heavy atom. The molecule has 1 nitrogen and oxygen atoms in total. The van der Waals surface area contributed by atoms with Crippen molar-refractivity contribution in [2.24, 2.45) is 5.92 Å². The molecule has 6 heteroatoms. The molecular formula is C11H9ClF4O. The minimum Gasteiger partial charge on any atom is -0.388 e. The van der Waals surface area contributed by atoms with Gasteiger partial charge in [0.1, 0.15) is 5.82 Å². The molecule has 1 unspecified atom stereocenters. The average Bonchev–Trinajstić information content (AvgIpc) is 2.97. The van der Waals surface area contributed by atoms with Crippen LogP contribution in [0.25, 0.3) is 0 Å². The zero-order chi connectivity index (χ0) is 12.8. The lowest BCUT2D eigenvalue weighted by molar-refractivity contribution is -0.137. The van der Waals surface area contributed by atoms with Crippen molar-refractivity contribution in [3.05, 3.63) is 34.1 Å². The van der Waals surface area contributed by atoms with Crippen molar-refractivity contribution in [2.75, 3.05) is 0 Å². The maximum absolute atomic E-state index is 13.4. The highest BCUT2D eigenvalue weighted by atomic mass is 35.5. The smallest absolute Gasteiger partial charge is 0.388 e. The van der Waals surface area contributed by atoms with Crippen molar-refractivity contribution in [3.8, 4) is 0 Å². The van der Waals surface area contributed by atoms with Crippen LogP contribution in [0.2, 0.25) is 5.02 Å². The Morgan fingerprint density at radius 2 is 1.88 bits per heavy atom. The van der Waals surface area contributed by atoms with Crippen LogP contribution in [0.15, 0.2) is 12.1 Å². The number of hydrogen-bond donors (Lipinski definition) is 1. The van der Waals surface area contributed by atoms with E-state index in [1.165, 1.54) is 0 Å². The molecule has 0 amide bonds. The molecule has 1 saturated carbocycles. The van der Waals surface area contributed by atoms with Gasteiger partial charge in [-0.25, -0.2) is 4.39 Å². The molecule has 1 aliphatic carbocycles. The lowest BCUT2D eigenvalue weighted by Crippen LogP contribution is -2.11. The van der Waals surface area contributed by atoms with Gasteiger partial charge in [-0.2, -0.15) is 13.2 Å². The molecule has 1 fully saturated rings. The van der Waals surface area contributed by atoms with Gasteiger partial charge in [0.2, 0.25) is 0 Å². The number of rotatable bonds is 2. The van der Waals surface area contributed by atoms with Crippen molar-refractivity contribution >= 4 is 11.6 Å². The topological polar surface area (TPSA) is 20.2 Å². The normalized spacial score (nSPS) is 18.2. The summed E-state index contributed by atoms with van der Waals surface area (Å²) >= 11 is 5.55. The van der Waals surface area contributed by atoms with Crippen LogP contribution in [-0.4, -0.2) is 5.11 Å². The highest BCUT2D eigenvalue weighted by molar-refractivity contribution is 6.32. The van der Waals surface area contributed by atoms with Crippen molar-refractivity contribution < 1.29 is 22.7 Å². The highest BCUT2D eigenvalue weighted by Gasteiger charge is 2.39. The number of hydrogen-bond acceptors (Lipinski definition) is 1. The van der Waals surface area contributed by atoms with Gasteiger partial charge < -0.3 is 5.11 Å². The van der Waals surface area contributed by atoms with Gasteiger partial charge in [-0.3, -0.25) is 0 Å². The summed E-state index contributed by atoms with van der Waals surface area (Å²) in [6.45, 7) is 0. The number of benzene rings is 1. The average molecular weight is 269 g/mol. The lowest BCUT2D eigenvalue weighted by Gasteiger charge is -2.17. The highest BCUT2D eigenvalue weighted by Crippen LogP contribution is 2.46. The van der Waals surface area contributed by atoms with Crippen LogP contribution in [0.4, 0.5) is 17.6 Å². The second kappa shape index (κ2) is 4.14. The quantitative estimate of drug-likeness (QED) is 0.806. The number of aliphatic hydroxyl groups is 1. The van der Waals surface area contributed by atoms with Gasteiger partial charge in [-0.1, -0.05) is 11.6 Å². The predicted octanol–water partition coefficient (Wildman–Crippen LogP) is 3.94. The third-order valence-electron chi connectivity index (χ3n) is 2.80. The summed E-state index contributed by atoms with van der Waals surface area (Å²) in [6.07, 6.45) is -4.56. The molecule has 0 bridgehead atoms. The molecule has 0 aliphatic heterocycles. The molecule has 1 N–H and O–H groups in total. The van der Waals surface area contributed by atoms with Crippen LogP contribution >= 0.6 is 11.6 Å². The fourth-order valence-electron chi connectivity index (χ4n) is 1.71. The molecule has 2 rings (SSSR count). The molecule has 94 valence electrons. The third kappa shape index (κ3) is 2.40. The first kappa shape index (κ1) is 12.6. The van der Waals surface area contributed by atoms with Crippen molar-refractivity contribution in [2.45, 2.75) is 25.1 Å². The molecule has 1 aromatic carbocycles. The Hall–Kier alpha value is -0.810. The second-order valence-electron chi connectivity index (χ2n) is 4.10. The first-order valence-electron chi connectivity index (χ1n) is 5.05. The van der Waals surface area contributed by atoms with Crippen LogP contribution in [0.3, 0.4) is 0 Å². The maximum Gasteiger partial charge on any atom is 0.417 e. The number of alkyl halides is 3. The summed E-state index contributed by atoms with van der Waals surface area (Å²) in [7, 11) is 0. The third-order valence-corrected chi connectivity index (χ3v) is 3.20. The zero-order valence-electron chi connectivity index (χ0n) is 8.56. The molecule has 0 spiro atoms. The van der Waals surface area contributed by atoms with Crippen LogP contribution < -0.4 is 0 Å². The fourth-order valence-corrected chi connectivity index (χ4v) is 2.08. The van der Waals surface area contributed by atoms with Crippen LogP contribution in [0.5, 0.6) is 0 Å². The summed E-state index contributed by atoms with van der Waals surface area (Å²) in [5, 5.41) is 8.98. The zero-order valence-corrected chi connectivity index (χ0v) is 9.32. The summed E-state index contributed by atoms with van der Waals surface area (Å²) in [6, 6.07) is 1.27. The molecule has 0 saturated heterocycles. The van der Waals surface area contributed by atoms with E-state index >= 15 is 0 Å². The lowest BCUT2D eigenvalue weighted by atomic mass is 10.0. The summed E-state index contributed by atoms with van der Waals surface area (Å²) in [5.41, 5.74) is -1.56. The molecule has 0 radical (unpaired) electrons. The Kier molecular flexibility index (Phi) is 3.08. The van der Waals surface area contributed by atoms with E-state index in [-0.39, 0.29) is 5.92 Å². The minimum absolute atomic E-state index is 0.189. The van der Waals surface area contributed by atoms with E-state index in [0.29, 0.717) is 25.0 Å². The summed E-state index contributed by atoms with van der Waals surface area (Å²) < 4.78 is 51.1. The van der Waals surface area contributed by atoms with Gasteiger partial charge in [-0.05, 0) is 30.9 Å². The van der Waals surface area contributed by atoms with Crippen LogP contribution in [0.1, 0.15) is 30.1 Å². The predicted molar refractivity (Wildman–Crippen MR) is 54.1 cm³/mol. The summed E-state index contributed by atoms with van der Waals surface area (Å²) in [5.74, 6) is -1.09. The Morgan fingerprint density at radius 3 is 2.35 bits per heavy atom. The molecule has 0 heterocycles. The molecule has 0 aromatic heterocycles. The van der Waals surface area contributed by atoms with E-state index in [2.05, 4.69) is 0 Å². The molecule has 1 atom stereocenters. The summed E-state index contributed by atoms with van der Waals surface area (Å²) in [4.78, 5) is 0. The van der Waals surface area contributed by atoms with Crippen molar-refractivity contribution in [1.82, 2.24) is 0 Å².